The standard InChI is InChI=1S/C29H36F3N7O3/c1-3-12-33-28(41)39-24-10-7-20(29(30,31)32)13-23(24)27(37-39)35-15-25(40)36-21-16-38(17-21)22-8-4-18(5-9-22)19-6-11-26(42-2)34-14-19/h6-7,10-11,13-14,18,21-22H,3-5,8-9,12,15-17H2,1-2H3,(H,33,41)(H,35,37)(H,36,40). The lowest BCUT2D eigenvalue weighted by Crippen LogP contribution is -2.63. The number of pyridine rings is 1. The molecule has 1 saturated carbocycles. The summed E-state index contributed by atoms with van der Waals surface area (Å²) in [4.78, 5) is 32.0. The van der Waals surface area contributed by atoms with Crippen molar-refractivity contribution in [1.29, 1.82) is 0 Å². The Morgan fingerprint density at radius 2 is 1.86 bits per heavy atom. The van der Waals surface area contributed by atoms with Crippen molar-refractivity contribution in [2.24, 2.45) is 0 Å². The number of alkyl halides is 3. The smallest absolute Gasteiger partial charge is 0.416 e. The molecule has 2 aliphatic rings. The van der Waals surface area contributed by atoms with Gasteiger partial charge in [-0.1, -0.05) is 13.0 Å². The zero-order valence-electron chi connectivity index (χ0n) is 23.7. The van der Waals surface area contributed by atoms with Gasteiger partial charge in [0.15, 0.2) is 5.82 Å². The van der Waals surface area contributed by atoms with Crippen molar-refractivity contribution in [2.45, 2.75) is 63.2 Å². The van der Waals surface area contributed by atoms with E-state index in [4.69, 9.17) is 4.74 Å². The van der Waals surface area contributed by atoms with Gasteiger partial charge < -0.3 is 20.7 Å². The van der Waals surface area contributed by atoms with Crippen molar-refractivity contribution in [1.82, 2.24) is 30.3 Å². The van der Waals surface area contributed by atoms with E-state index in [1.807, 2.05) is 19.2 Å². The Balaban J connectivity index is 1.12. The molecule has 2 fully saturated rings. The molecule has 5 rings (SSSR count). The van der Waals surface area contributed by atoms with Crippen molar-refractivity contribution in [2.75, 3.05) is 38.6 Å². The van der Waals surface area contributed by atoms with E-state index in [0.717, 1.165) is 55.6 Å². The molecule has 2 amide bonds. The average molecular weight is 588 g/mol. The number of rotatable bonds is 9. The van der Waals surface area contributed by atoms with Gasteiger partial charge in [0.2, 0.25) is 11.8 Å². The molecule has 1 aliphatic carbocycles. The number of nitrogens with one attached hydrogen (secondary N) is 3. The van der Waals surface area contributed by atoms with Crippen molar-refractivity contribution >= 4 is 28.7 Å². The molecular weight excluding hydrogens is 551 g/mol. The molecule has 3 heterocycles. The molecule has 1 aromatic carbocycles. The van der Waals surface area contributed by atoms with E-state index in [2.05, 4.69) is 37.0 Å². The number of carbonyl (C=O) groups excluding carboxylic acids is 2. The maximum atomic E-state index is 13.4. The van der Waals surface area contributed by atoms with Crippen LogP contribution in [0.5, 0.6) is 5.88 Å². The summed E-state index contributed by atoms with van der Waals surface area (Å²) in [7, 11) is 1.61. The number of likely N-dealkylation sites (tertiary alicyclic amines) is 1. The van der Waals surface area contributed by atoms with Gasteiger partial charge in [-0.15, -0.1) is 5.10 Å². The largest absolute Gasteiger partial charge is 0.481 e. The zero-order chi connectivity index (χ0) is 29.9. The fourth-order valence-electron chi connectivity index (χ4n) is 5.76. The summed E-state index contributed by atoms with van der Waals surface area (Å²) in [6.45, 7) is 3.61. The predicted octanol–water partition coefficient (Wildman–Crippen LogP) is 4.37. The molecule has 1 saturated heterocycles. The third kappa shape index (κ3) is 6.61. The summed E-state index contributed by atoms with van der Waals surface area (Å²) in [5.41, 5.74) is 0.594. The van der Waals surface area contributed by atoms with Crippen LogP contribution in [0.2, 0.25) is 0 Å². The van der Waals surface area contributed by atoms with E-state index >= 15 is 0 Å². The maximum absolute atomic E-state index is 13.4. The number of ether oxygens (including phenoxy) is 1. The van der Waals surface area contributed by atoms with Crippen LogP contribution in [0.1, 0.15) is 56.1 Å². The van der Waals surface area contributed by atoms with Gasteiger partial charge in [-0.2, -0.15) is 17.9 Å². The third-order valence-corrected chi connectivity index (χ3v) is 8.07. The minimum Gasteiger partial charge on any atom is -0.481 e. The van der Waals surface area contributed by atoms with E-state index in [1.54, 1.807) is 7.11 Å². The normalized spacial score (nSPS) is 19.7. The molecule has 13 heteroatoms. The zero-order valence-corrected chi connectivity index (χ0v) is 23.7. The number of hydrogen-bond donors (Lipinski definition) is 3. The Bertz CT molecular complexity index is 1400. The van der Waals surface area contributed by atoms with Crippen LogP contribution in [-0.4, -0.2) is 77.0 Å². The lowest BCUT2D eigenvalue weighted by atomic mass is 9.81. The highest BCUT2D eigenvalue weighted by molar-refractivity contribution is 5.98. The first-order chi connectivity index (χ1) is 20.2. The second-order valence-electron chi connectivity index (χ2n) is 10.9. The van der Waals surface area contributed by atoms with E-state index < -0.39 is 17.8 Å². The monoisotopic (exact) mass is 587 g/mol. The minimum absolute atomic E-state index is 0.00812. The summed E-state index contributed by atoms with van der Waals surface area (Å²) in [6.07, 6.45) is 2.37. The topological polar surface area (TPSA) is 113 Å². The predicted molar refractivity (Wildman–Crippen MR) is 152 cm³/mol. The number of hydrogen-bond acceptors (Lipinski definition) is 7. The highest BCUT2D eigenvalue weighted by Gasteiger charge is 2.36. The highest BCUT2D eigenvalue weighted by atomic mass is 19.4. The first kappa shape index (κ1) is 29.6. The number of nitrogens with zero attached hydrogens (tertiary/aromatic N) is 4. The minimum atomic E-state index is -4.56. The molecule has 3 aromatic rings. The lowest BCUT2D eigenvalue weighted by molar-refractivity contribution is -0.137. The Hall–Kier alpha value is -3.87. The van der Waals surface area contributed by atoms with E-state index in [1.165, 1.54) is 11.6 Å². The number of anilines is 1. The van der Waals surface area contributed by atoms with Crippen molar-refractivity contribution in [3.05, 3.63) is 47.7 Å². The highest BCUT2D eigenvalue weighted by Crippen LogP contribution is 2.36. The fourth-order valence-corrected chi connectivity index (χ4v) is 5.76. The van der Waals surface area contributed by atoms with Crippen molar-refractivity contribution < 1.29 is 27.5 Å². The quantitative estimate of drug-likeness (QED) is 0.341. The second-order valence-corrected chi connectivity index (χ2v) is 10.9. The number of fused-ring (bicyclic) bond motifs is 1. The molecule has 42 heavy (non-hydrogen) atoms. The Morgan fingerprint density at radius 1 is 1.10 bits per heavy atom. The molecule has 0 atom stereocenters. The molecule has 0 radical (unpaired) electrons. The van der Waals surface area contributed by atoms with Gasteiger partial charge in [0, 0.05) is 43.3 Å². The first-order valence-electron chi connectivity index (χ1n) is 14.3. The number of aromatic nitrogens is 3. The summed E-state index contributed by atoms with van der Waals surface area (Å²) in [5, 5.41) is 12.8. The Labute approximate surface area is 242 Å². The van der Waals surface area contributed by atoms with Crippen molar-refractivity contribution in [3.8, 4) is 5.88 Å². The SMILES string of the molecule is CCCNC(=O)n1nc(NCC(=O)NC2CN(C3CCC(c4ccc(OC)nc4)CC3)C2)c2cc(C(F)(F)F)ccc21. The van der Waals surface area contributed by atoms with Gasteiger partial charge >= 0.3 is 12.2 Å². The molecule has 2 aromatic heterocycles. The van der Waals surface area contributed by atoms with E-state index in [-0.39, 0.29) is 35.2 Å². The van der Waals surface area contributed by atoms with Gasteiger partial charge in [0.25, 0.3) is 0 Å². The van der Waals surface area contributed by atoms with E-state index in [0.29, 0.717) is 30.8 Å². The molecule has 0 unspecified atom stereocenters. The van der Waals surface area contributed by atoms with Crippen LogP contribution < -0.4 is 20.7 Å². The number of benzene rings is 1. The van der Waals surface area contributed by atoms with E-state index in [9.17, 15) is 22.8 Å². The number of halogens is 3. The summed E-state index contributed by atoms with van der Waals surface area (Å²) in [6, 6.07) is 6.99. The maximum Gasteiger partial charge on any atom is 0.416 e. The van der Waals surface area contributed by atoms with Crippen LogP contribution in [0, 0.1) is 0 Å². The second kappa shape index (κ2) is 12.6. The molecule has 0 bridgehead atoms. The molecule has 0 spiro atoms. The van der Waals surface area contributed by atoms with Crippen LogP contribution in [0.3, 0.4) is 0 Å². The van der Waals surface area contributed by atoms with Crippen LogP contribution in [-0.2, 0) is 11.0 Å². The average Bonchev–Trinajstić information content (AvgIpc) is 3.34. The van der Waals surface area contributed by atoms with Crippen LogP contribution >= 0.6 is 0 Å². The van der Waals surface area contributed by atoms with Gasteiger partial charge in [-0.05, 0) is 61.8 Å². The lowest BCUT2D eigenvalue weighted by Gasteiger charge is -2.46. The van der Waals surface area contributed by atoms with Crippen LogP contribution in [0.15, 0.2) is 36.5 Å². The molecule has 3 N–H and O–H groups in total. The summed E-state index contributed by atoms with van der Waals surface area (Å²) < 4.78 is 46.3. The van der Waals surface area contributed by atoms with Gasteiger partial charge in [-0.3, -0.25) is 9.69 Å². The number of methoxy groups -OCH3 is 1. The summed E-state index contributed by atoms with van der Waals surface area (Å²) in [5.74, 6) is 0.856. The Morgan fingerprint density at radius 3 is 2.50 bits per heavy atom. The Kier molecular flexibility index (Phi) is 8.85. The molecule has 10 nitrogen and oxygen atoms in total. The number of amides is 2. The molecule has 1 aliphatic heterocycles. The van der Waals surface area contributed by atoms with Crippen LogP contribution in [0.4, 0.5) is 23.8 Å². The third-order valence-electron chi connectivity index (χ3n) is 8.07. The van der Waals surface area contributed by atoms with Crippen LogP contribution in [0.25, 0.3) is 10.9 Å². The summed E-state index contributed by atoms with van der Waals surface area (Å²) >= 11 is 0. The molecular formula is C29H36F3N7O3. The first-order valence-corrected chi connectivity index (χ1v) is 14.3. The number of carbonyl (C=O) groups is 2. The van der Waals surface area contributed by atoms with Gasteiger partial charge in [0.05, 0.1) is 30.8 Å². The molecule has 226 valence electrons. The van der Waals surface area contributed by atoms with Crippen molar-refractivity contribution in [3.63, 3.8) is 0 Å². The van der Waals surface area contributed by atoms with Gasteiger partial charge in [0.1, 0.15) is 0 Å². The fraction of sp³-hybridized carbons (Fsp3) is 0.517. The van der Waals surface area contributed by atoms with Gasteiger partial charge in [-0.25, -0.2) is 9.78 Å².